The van der Waals surface area contributed by atoms with E-state index in [1.54, 1.807) is 0 Å². The van der Waals surface area contributed by atoms with E-state index in [9.17, 15) is 4.79 Å². The molecule has 1 aliphatic heterocycles. The van der Waals surface area contributed by atoms with Gasteiger partial charge >= 0.3 is 0 Å². The molecule has 2 heterocycles. The van der Waals surface area contributed by atoms with Crippen LogP contribution < -0.4 is 10.5 Å². The van der Waals surface area contributed by atoms with E-state index in [1.807, 2.05) is 18.2 Å². The predicted molar refractivity (Wildman–Crippen MR) is 76.7 cm³/mol. The summed E-state index contributed by atoms with van der Waals surface area (Å²) in [7, 11) is 2.16. The van der Waals surface area contributed by atoms with E-state index in [-0.39, 0.29) is 5.56 Å². The van der Waals surface area contributed by atoms with Gasteiger partial charge in [0.15, 0.2) is 0 Å². The largest absolute Gasteiger partial charge is 0.370 e. The molecule has 0 unspecified atom stereocenters. The number of hydrogen-bond acceptors (Lipinski definition) is 4. The molecule has 100 valence electrons. The van der Waals surface area contributed by atoms with Crippen LogP contribution in [0.3, 0.4) is 0 Å². The molecule has 2 aromatic rings. The van der Waals surface area contributed by atoms with Gasteiger partial charge in [0.2, 0.25) is 0 Å². The molecule has 1 aromatic carbocycles. The van der Waals surface area contributed by atoms with Gasteiger partial charge in [0.05, 0.1) is 17.2 Å². The number of H-pyrrole nitrogens is 1. The van der Waals surface area contributed by atoms with Crippen LogP contribution in [0.5, 0.6) is 0 Å². The Labute approximate surface area is 111 Å². The van der Waals surface area contributed by atoms with Crippen molar-refractivity contribution in [3.8, 4) is 0 Å². The fraction of sp³-hybridized carbons (Fsp3) is 0.429. The van der Waals surface area contributed by atoms with Crippen molar-refractivity contribution in [2.75, 3.05) is 38.1 Å². The van der Waals surface area contributed by atoms with Crippen molar-refractivity contribution in [1.82, 2.24) is 14.9 Å². The van der Waals surface area contributed by atoms with Crippen LogP contribution in [0, 0.1) is 0 Å². The number of benzene rings is 1. The van der Waals surface area contributed by atoms with Gasteiger partial charge in [-0.25, -0.2) is 4.98 Å². The average Bonchev–Trinajstić information content (AvgIpc) is 2.63. The van der Waals surface area contributed by atoms with Gasteiger partial charge in [-0.05, 0) is 38.2 Å². The highest BCUT2D eigenvalue weighted by Gasteiger charge is 2.13. The molecule has 0 atom stereocenters. The summed E-state index contributed by atoms with van der Waals surface area (Å²) in [5.74, 6) is 0. The average molecular weight is 258 g/mol. The Kier molecular flexibility index (Phi) is 3.21. The summed E-state index contributed by atoms with van der Waals surface area (Å²) in [4.78, 5) is 23.2. The van der Waals surface area contributed by atoms with Crippen LogP contribution >= 0.6 is 0 Å². The van der Waals surface area contributed by atoms with E-state index in [0.29, 0.717) is 5.39 Å². The zero-order valence-corrected chi connectivity index (χ0v) is 11.1. The molecule has 0 spiro atoms. The summed E-state index contributed by atoms with van der Waals surface area (Å²) >= 11 is 0. The maximum absolute atomic E-state index is 11.6. The summed E-state index contributed by atoms with van der Waals surface area (Å²) in [6.45, 7) is 4.28. The number of likely N-dealkylation sites (N-methyl/N-ethyl adjacent to an activating group) is 1. The molecule has 1 aliphatic rings. The Morgan fingerprint density at radius 3 is 3.00 bits per heavy atom. The van der Waals surface area contributed by atoms with Crippen LogP contribution in [0.1, 0.15) is 6.42 Å². The molecule has 0 radical (unpaired) electrons. The minimum Gasteiger partial charge on any atom is -0.370 e. The van der Waals surface area contributed by atoms with Crippen molar-refractivity contribution < 1.29 is 0 Å². The monoisotopic (exact) mass is 258 g/mol. The molecule has 1 fully saturated rings. The summed E-state index contributed by atoms with van der Waals surface area (Å²) in [6.07, 6.45) is 2.63. The highest BCUT2D eigenvalue weighted by Crippen LogP contribution is 2.19. The van der Waals surface area contributed by atoms with Crippen LogP contribution in [0.15, 0.2) is 29.3 Å². The number of nitrogens with one attached hydrogen (secondary N) is 1. The second-order valence-electron chi connectivity index (χ2n) is 5.08. The van der Waals surface area contributed by atoms with Crippen LogP contribution in [-0.2, 0) is 0 Å². The van der Waals surface area contributed by atoms with E-state index < -0.39 is 0 Å². The van der Waals surface area contributed by atoms with E-state index in [4.69, 9.17) is 0 Å². The van der Waals surface area contributed by atoms with Crippen LogP contribution in [0.4, 0.5) is 5.69 Å². The Balaban J connectivity index is 1.94. The molecule has 3 rings (SSSR count). The molecule has 1 aromatic heterocycles. The van der Waals surface area contributed by atoms with Gasteiger partial charge in [-0.3, -0.25) is 4.79 Å². The molecule has 0 aliphatic carbocycles. The van der Waals surface area contributed by atoms with Crippen molar-refractivity contribution in [1.29, 1.82) is 0 Å². The van der Waals surface area contributed by atoms with E-state index in [1.165, 1.54) is 6.33 Å². The van der Waals surface area contributed by atoms with Crippen molar-refractivity contribution >= 4 is 16.6 Å². The summed E-state index contributed by atoms with van der Waals surface area (Å²) in [5.41, 5.74) is 1.84. The molecule has 1 saturated heterocycles. The lowest BCUT2D eigenvalue weighted by atomic mass is 10.2. The van der Waals surface area contributed by atoms with Crippen LogP contribution in [-0.4, -0.2) is 48.1 Å². The van der Waals surface area contributed by atoms with E-state index in [0.717, 1.165) is 43.8 Å². The third-order valence-corrected chi connectivity index (χ3v) is 3.71. The number of aromatic amines is 1. The normalized spacial score (nSPS) is 17.6. The number of hydrogen-bond donors (Lipinski definition) is 1. The summed E-state index contributed by atoms with van der Waals surface area (Å²) in [6, 6.07) is 5.89. The van der Waals surface area contributed by atoms with Crippen molar-refractivity contribution in [3.05, 3.63) is 34.9 Å². The summed E-state index contributed by atoms with van der Waals surface area (Å²) in [5, 5.41) is 0.651. The molecule has 0 saturated carbocycles. The zero-order chi connectivity index (χ0) is 13.2. The Morgan fingerprint density at radius 1 is 1.21 bits per heavy atom. The number of rotatable bonds is 1. The number of aromatic nitrogens is 2. The number of fused-ring (bicyclic) bond motifs is 1. The van der Waals surface area contributed by atoms with Crippen molar-refractivity contribution in [2.45, 2.75) is 6.42 Å². The quantitative estimate of drug-likeness (QED) is 0.831. The first-order valence-electron chi connectivity index (χ1n) is 6.65. The van der Waals surface area contributed by atoms with Crippen molar-refractivity contribution in [2.24, 2.45) is 0 Å². The fourth-order valence-corrected chi connectivity index (χ4v) is 2.56. The Morgan fingerprint density at radius 2 is 2.11 bits per heavy atom. The SMILES string of the molecule is CN1CCCN(c2ccc3c(=O)[nH]cnc3c2)CC1. The van der Waals surface area contributed by atoms with Gasteiger partial charge < -0.3 is 14.8 Å². The molecule has 5 nitrogen and oxygen atoms in total. The highest BCUT2D eigenvalue weighted by atomic mass is 16.1. The topological polar surface area (TPSA) is 52.2 Å². The smallest absolute Gasteiger partial charge is 0.258 e. The lowest BCUT2D eigenvalue weighted by Gasteiger charge is -2.22. The molecule has 1 N–H and O–H groups in total. The first-order valence-corrected chi connectivity index (χ1v) is 6.65. The van der Waals surface area contributed by atoms with Crippen molar-refractivity contribution in [3.63, 3.8) is 0 Å². The first kappa shape index (κ1) is 12.2. The molecular weight excluding hydrogens is 240 g/mol. The molecule has 0 bridgehead atoms. The Bertz CT molecular complexity index is 637. The second kappa shape index (κ2) is 5.01. The Hall–Kier alpha value is -1.88. The second-order valence-corrected chi connectivity index (χ2v) is 5.08. The number of nitrogens with zero attached hydrogens (tertiary/aromatic N) is 3. The molecule has 19 heavy (non-hydrogen) atoms. The van der Waals surface area contributed by atoms with Gasteiger partial charge in [-0.1, -0.05) is 0 Å². The first-order chi connectivity index (χ1) is 9.24. The van der Waals surface area contributed by atoms with Gasteiger partial charge in [0.1, 0.15) is 0 Å². The lowest BCUT2D eigenvalue weighted by molar-refractivity contribution is 0.360. The third-order valence-electron chi connectivity index (χ3n) is 3.71. The van der Waals surface area contributed by atoms with Gasteiger partial charge in [-0.2, -0.15) is 0 Å². The highest BCUT2D eigenvalue weighted by molar-refractivity contribution is 5.81. The van der Waals surface area contributed by atoms with E-state index >= 15 is 0 Å². The summed E-state index contributed by atoms with van der Waals surface area (Å²) < 4.78 is 0. The zero-order valence-electron chi connectivity index (χ0n) is 11.1. The van der Waals surface area contributed by atoms with Gasteiger partial charge in [0, 0.05) is 25.3 Å². The molecule has 5 heteroatoms. The van der Waals surface area contributed by atoms with E-state index in [2.05, 4.69) is 26.8 Å². The predicted octanol–water partition coefficient (Wildman–Crippen LogP) is 1.06. The molecular formula is C14H18N4O. The minimum atomic E-state index is -0.0767. The van der Waals surface area contributed by atoms with Gasteiger partial charge in [-0.15, -0.1) is 0 Å². The van der Waals surface area contributed by atoms with Gasteiger partial charge in [0.25, 0.3) is 5.56 Å². The van der Waals surface area contributed by atoms with Crippen LogP contribution in [0.2, 0.25) is 0 Å². The standard InChI is InChI=1S/C14H18N4O/c1-17-5-2-6-18(8-7-17)11-3-4-12-13(9-11)15-10-16-14(12)19/h3-4,9-10H,2,5-8H2,1H3,(H,15,16,19). The maximum atomic E-state index is 11.6. The minimum absolute atomic E-state index is 0.0767. The number of anilines is 1. The molecule has 0 amide bonds. The van der Waals surface area contributed by atoms with Crippen LogP contribution in [0.25, 0.3) is 10.9 Å². The fourth-order valence-electron chi connectivity index (χ4n) is 2.56. The maximum Gasteiger partial charge on any atom is 0.258 e. The third kappa shape index (κ3) is 2.46. The lowest BCUT2D eigenvalue weighted by Crippen LogP contribution is -2.28.